The first kappa shape index (κ1) is 12.8. The highest BCUT2D eigenvalue weighted by atomic mass is 79.9. The Hall–Kier alpha value is -1.94. The number of nitrogens with one attached hydrogen (secondary N) is 1. The highest BCUT2D eigenvalue weighted by Gasteiger charge is 2.18. The Kier molecular flexibility index (Phi) is 2.93. The number of fused-ring (bicyclic) bond motifs is 2. The molecule has 3 aromatic rings. The average Bonchev–Trinajstić information content (AvgIpc) is 3.11. The van der Waals surface area contributed by atoms with Crippen LogP contribution >= 0.6 is 15.9 Å². The van der Waals surface area contributed by atoms with Gasteiger partial charge in [-0.05, 0) is 58.5 Å². The van der Waals surface area contributed by atoms with E-state index in [0.29, 0.717) is 5.56 Å². The number of rotatable bonds is 2. The number of ketones is 1. The van der Waals surface area contributed by atoms with Gasteiger partial charge in [-0.3, -0.25) is 4.79 Å². The molecule has 2 heterocycles. The summed E-state index contributed by atoms with van der Waals surface area (Å²) < 4.78 is 0.873. The summed E-state index contributed by atoms with van der Waals surface area (Å²) in [6, 6.07) is 8.02. The van der Waals surface area contributed by atoms with E-state index in [-0.39, 0.29) is 5.78 Å². The highest BCUT2D eigenvalue weighted by Crippen LogP contribution is 2.26. The van der Waals surface area contributed by atoms with E-state index in [1.807, 2.05) is 12.1 Å². The molecule has 0 atom stereocenters. The SMILES string of the molecule is O=C(c1ccc2c(c1)CCC2)c1c[nH]c2ncc(Br)cc12. The van der Waals surface area contributed by atoms with E-state index in [4.69, 9.17) is 0 Å². The largest absolute Gasteiger partial charge is 0.345 e. The van der Waals surface area contributed by atoms with E-state index >= 15 is 0 Å². The first-order chi connectivity index (χ1) is 10.2. The number of carbonyl (C=O) groups is 1. The normalized spacial score (nSPS) is 13.6. The van der Waals surface area contributed by atoms with Gasteiger partial charge < -0.3 is 4.98 Å². The second-order valence-corrected chi connectivity index (χ2v) is 6.33. The van der Waals surface area contributed by atoms with Crippen LogP contribution in [0.2, 0.25) is 0 Å². The molecule has 4 heteroatoms. The molecule has 21 heavy (non-hydrogen) atoms. The van der Waals surface area contributed by atoms with Crippen LogP contribution in [-0.2, 0) is 12.8 Å². The fraction of sp³-hybridized carbons (Fsp3) is 0.176. The molecular formula is C17H13BrN2O. The van der Waals surface area contributed by atoms with E-state index < -0.39 is 0 Å². The van der Waals surface area contributed by atoms with E-state index in [1.165, 1.54) is 17.5 Å². The van der Waals surface area contributed by atoms with Gasteiger partial charge in [0.15, 0.2) is 5.78 Å². The van der Waals surface area contributed by atoms with Crippen molar-refractivity contribution >= 4 is 32.7 Å². The maximum atomic E-state index is 12.8. The molecule has 2 aromatic heterocycles. The number of aromatic nitrogens is 2. The zero-order chi connectivity index (χ0) is 14.4. The van der Waals surface area contributed by atoms with Crippen LogP contribution in [0.3, 0.4) is 0 Å². The van der Waals surface area contributed by atoms with E-state index in [1.54, 1.807) is 12.4 Å². The molecular weight excluding hydrogens is 328 g/mol. The maximum Gasteiger partial charge on any atom is 0.195 e. The van der Waals surface area contributed by atoms with Crippen LogP contribution in [0, 0.1) is 0 Å². The van der Waals surface area contributed by atoms with Gasteiger partial charge in [-0.15, -0.1) is 0 Å². The Bertz CT molecular complexity index is 866. The topological polar surface area (TPSA) is 45.8 Å². The molecule has 104 valence electrons. The Morgan fingerprint density at radius 3 is 2.95 bits per heavy atom. The van der Waals surface area contributed by atoms with Gasteiger partial charge in [0.2, 0.25) is 0 Å². The van der Waals surface area contributed by atoms with Crippen molar-refractivity contribution in [2.24, 2.45) is 0 Å². The summed E-state index contributed by atoms with van der Waals surface area (Å²) in [5.74, 6) is 0.0517. The zero-order valence-corrected chi connectivity index (χ0v) is 12.9. The smallest absolute Gasteiger partial charge is 0.195 e. The number of H-pyrrole nitrogens is 1. The Morgan fingerprint density at radius 1 is 1.19 bits per heavy atom. The molecule has 3 nitrogen and oxygen atoms in total. The molecule has 0 spiro atoms. The molecule has 0 unspecified atom stereocenters. The van der Waals surface area contributed by atoms with Gasteiger partial charge in [0.25, 0.3) is 0 Å². The Morgan fingerprint density at radius 2 is 2.05 bits per heavy atom. The fourth-order valence-electron chi connectivity index (χ4n) is 3.03. The fourth-order valence-corrected chi connectivity index (χ4v) is 3.37. The van der Waals surface area contributed by atoms with Crippen molar-refractivity contribution in [1.29, 1.82) is 0 Å². The van der Waals surface area contributed by atoms with Crippen LogP contribution in [-0.4, -0.2) is 15.8 Å². The van der Waals surface area contributed by atoms with Crippen molar-refractivity contribution in [3.63, 3.8) is 0 Å². The monoisotopic (exact) mass is 340 g/mol. The lowest BCUT2D eigenvalue weighted by Gasteiger charge is -2.04. The van der Waals surface area contributed by atoms with Crippen LogP contribution in [0.5, 0.6) is 0 Å². The van der Waals surface area contributed by atoms with Gasteiger partial charge in [0.1, 0.15) is 5.65 Å². The molecule has 1 aliphatic carbocycles. The van der Waals surface area contributed by atoms with Gasteiger partial charge in [0, 0.05) is 33.4 Å². The summed E-state index contributed by atoms with van der Waals surface area (Å²) in [5, 5.41) is 0.856. The molecule has 0 fully saturated rings. The molecule has 0 saturated carbocycles. The standard InChI is InChI=1S/C17H13BrN2O/c18-13-7-14-15(9-20-17(14)19-8-13)16(21)12-5-4-10-2-1-3-11(10)6-12/h4-9H,1-3H2,(H,19,20). The summed E-state index contributed by atoms with van der Waals surface area (Å²) in [7, 11) is 0. The van der Waals surface area contributed by atoms with Crippen LogP contribution in [0.15, 0.2) is 41.1 Å². The second kappa shape index (κ2) is 4.81. The number of benzene rings is 1. The van der Waals surface area contributed by atoms with Crippen LogP contribution in [0.25, 0.3) is 11.0 Å². The number of aromatic amines is 1. The summed E-state index contributed by atoms with van der Waals surface area (Å²) in [6.07, 6.45) is 6.88. The van der Waals surface area contributed by atoms with Crippen molar-refractivity contribution < 1.29 is 4.79 Å². The quantitative estimate of drug-likeness (QED) is 0.715. The number of hydrogen-bond donors (Lipinski definition) is 1. The number of halogens is 1. The van der Waals surface area contributed by atoms with Crippen molar-refractivity contribution in [1.82, 2.24) is 9.97 Å². The molecule has 0 bridgehead atoms. The van der Waals surface area contributed by atoms with Gasteiger partial charge in [-0.2, -0.15) is 0 Å². The molecule has 1 N–H and O–H groups in total. The molecule has 1 aromatic carbocycles. The number of aryl methyl sites for hydroxylation is 2. The number of hydrogen-bond acceptors (Lipinski definition) is 2. The summed E-state index contributed by atoms with van der Waals surface area (Å²) in [4.78, 5) is 20.1. The Labute approximate surface area is 130 Å². The predicted octanol–water partition coefficient (Wildman–Crippen LogP) is 4.05. The lowest BCUT2D eigenvalue weighted by Crippen LogP contribution is -2.01. The first-order valence-corrected chi connectivity index (χ1v) is 7.81. The third kappa shape index (κ3) is 2.10. The second-order valence-electron chi connectivity index (χ2n) is 5.42. The van der Waals surface area contributed by atoms with Crippen molar-refractivity contribution in [3.8, 4) is 0 Å². The summed E-state index contributed by atoms with van der Waals surface area (Å²) >= 11 is 3.41. The third-order valence-corrected chi connectivity index (χ3v) is 4.54. The van der Waals surface area contributed by atoms with E-state index in [9.17, 15) is 4.79 Å². The van der Waals surface area contributed by atoms with Gasteiger partial charge >= 0.3 is 0 Å². The maximum absolute atomic E-state index is 12.8. The minimum atomic E-state index is 0.0517. The number of pyridine rings is 1. The lowest BCUT2D eigenvalue weighted by atomic mass is 9.99. The third-order valence-electron chi connectivity index (χ3n) is 4.10. The van der Waals surface area contributed by atoms with Gasteiger partial charge in [-0.1, -0.05) is 12.1 Å². The van der Waals surface area contributed by atoms with Gasteiger partial charge in [-0.25, -0.2) is 4.98 Å². The number of carbonyl (C=O) groups excluding carboxylic acids is 1. The molecule has 0 amide bonds. The summed E-state index contributed by atoms with van der Waals surface area (Å²) in [6.45, 7) is 0. The predicted molar refractivity (Wildman–Crippen MR) is 85.7 cm³/mol. The first-order valence-electron chi connectivity index (χ1n) is 7.01. The van der Waals surface area contributed by atoms with Crippen LogP contribution < -0.4 is 0 Å². The lowest BCUT2D eigenvalue weighted by molar-refractivity contribution is 0.104. The van der Waals surface area contributed by atoms with Crippen molar-refractivity contribution in [2.45, 2.75) is 19.3 Å². The molecule has 4 rings (SSSR count). The van der Waals surface area contributed by atoms with E-state index in [0.717, 1.165) is 33.9 Å². The van der Waals surface area contributed by atoms with Crippen molar-refractivity contribution in [3.05, 3.63) is 63.4 Å². The molecule has 0 radical (unpaired) electrons. The van der Waals surface area contributed by atoms with Crippen molar-refractivity contribution in [2.75, 3.05) is 0 Å². The minimum Gasteiger partial charge on any atom is -0.345 e. The van der Waals surface area contributed by atoms with Gasteiger partial charge in [0.05, 0.1) is 0 Å². The number of nitrogens with zero attached hydrogens (tertiary/aromatic N) is 1. The van der Waals surface area contributed by atoms with Crippen LogP contribution in [0.4, 0.5) is 0 Å². The summed E-state index contributed by atoms with van der Waals surface area (Å²) in [5.41, 5.74) is 4.88. The highest BCUT2D eigenvalue weighted by molar-refractivity contribution is 9.10. The average molecular weight is 341 g/mol. The zero-order valence-electron chi connectivity index (χ0n) is 11.3. The molecule has 0 aliphatic heterocycles. The van der Waals surface area contributed by atoms with Crippen LogP contribution in [0.1, 0.15) is 33.5 Å². The molecule has 0 saturated heterocycles. The minimum absolute atomic E-state index is 0.0517. The van der Waals surface area contributed by atoms with E-state index in [2.05, 4.69) is 38.0 Å². The Balaban J connectivity index is 1.81. The molecule has 1 aliphatic rings.